The molecule has 2 atom stereocenters. The van der Waals surface area contributed by atoms with Gasteiger partial charge in [-0.05, 0) is 45.5 Å². The first-order valence-corrected chi connectivity index (χ1v) is 8.47. The van der Waals surface area contributed by atoms with E-state index in [-0.39, 0.29) is 0 Å². The van der Waals surface area contributed by atoms with Crippen molar-refractivity contribution in [3.63, 3.8) is 0 Å². The first-order chi connectivity index (χ1) is 11.5. The van der Waals surface area contributed by atoms with Gasteiger partial charge in [0.25, 0.3) is 0 Å². The highest BCUT2D eigenvalue weighted by molar-refractivity contribution is 5.24. The maximum Gasteiger partial charge on any atom is 0.144 e. The van der Waals surface area contributed by atoms with Crippen molar-refractivity contribution in [2.45, 2.75) is 25.4 Å². The second-order valence-electron chi connectivity index (χ2n) is 6.85. The number of nitrogen functional groups attached to an aromatic ring is 1. The molecule has 0 spiro atoms. The predicted octanol–water partition coefficient (Wildman–Crippen LogP) is 1.31. The molecule has 2 aromatic rings. The SMILES string of the molecule is CN(Cc1nccc(N)n1)C[C@@H]1CCCN(C)[C@H]1c1cncn1C. The molecule has 3 rings (SSSR count). The van der Waals surface area contributed by atoms with E-state index in [9.17, 15) is 0 Å². The van der Waals surface area contributed by atoms with Crippen LogP contribution in [-0.2, 0) is 13.6 Å². The quantitative estimate of drug-likeness (QED) is 0.891. The minimum absolute atomic E-state index is 0.399. The fourth-order valence-corrected chi connectivity index (χ4v) is 3.77. The van der Waals surface area contributed by atoms with Crippen LogP contribution in [0, 0.1) is 5.92 Å². The topological polar surface area (TPSA) is 76.1 Å². The summed E-state index contributed by atoms with van der Waals surface area (Å²) in [6, 6.07) is 2.12. The third-order valence-corrected chi connectivity index (χ3v) is 4.85. The van der Waals surface area contributed by atoms with Crippen molar-refractivity contribution < 1.29 is 0 Å². The Morgan fingerprint density at radius 3 is 2.92 bits per heavy atom. The highest BCUT2D eigenvalue weighted by Gasteiger charge is 2.32. The Hall–Kier alpha value is -1.99. The zero-order chi connectivity index (χ0) is 17.1. The number of hydrogen-bond acceptors (Lipinski definition) is 6. The third-order valence-electron chi connectivity index (χ3n) is 4.85. The molecule has 0 amide bonds. The van der Waals surface area contributed by atoms with Crippen LogP contribution in [0.5, 0.6) is 0 Å². The van der Waals surface area contributed by atoms with E-state index in [4.69, 9.17) is 5.73 Å². The summed E-state index contributed by atoms with van der Waals surface area (Å²) in [5.74, 6) is 1.86. The van der Waals surface area contributed by atoms with E-state index >= 15 is 0 Å². The van der Waals surface area contributed by atoms with E-state index in [1.54, 1.807) is 12.3 Å². The van der Waals surface area contributed by atoms with Crippen molar-refractivity contribution in [3.05, 3.63) is 36.3 Å². The normalized spacial score (nSPS) is 22.2. The number of aryl methyl sites for hydroxylation is 1. The molecule has 0 aromatic carbocycles. The molecule has 1 aliphatic heterocycles. The summed E-state index contributed by atoms with van der Waals surface area (Å²) < 4.78 is 2.14. The Balaban J connectivity index is 1.70. The van der Waals surface area contributed by atoms with E-state index in [2.05, 4.69) is 50.5 Å². The Labute approximate surface area is 143 Å². The summed E-state index contributed by atoms with van der Waals surface area (Å²) in [6.07, 6.45) is 8.07. The fraction of sp³-hybridized carbons (Fsp3) is 0.588. The van der Waals surface area contributed by atoms with Gasteiger partial charge in [-0.3, -0.25) is 9.80 Å². The minimum Gasteiger partial charge on any atom is -0.384 e. The molecule has 1 aliphatic rings. The van der Waals surface area contributed by atoms with Gasteiger partial charge in [-0.1, -0.05) is 0 Å². The summed E-state index contributed by atoms with van der Waals surface area (Å²) >= 11 is 0. The molecule has 7 heteroatoms. The van der Waals surface area contributed by atoms with Crippen LogP contribution in [0.1, 0.15) is 30.4 Å². The Morgan fingerprint density at radius 1 is 1.38 bits per heavy atom. The van der Waals surface area contributed by atoms with Crippen LogP contribution >= 0.6 is 0 Å². The summed E-state index contributed by atoms with van der Waals surface area (Å²) in [5.41, 5.74) is 7.04. The van der Waals surface area contributed by atoms with Crippen molar-refractivity contribution >= 4 is 5.82 Å². The van der Waals surface area contributed by atoms with Crippen LogP contribution in [0.25, 0.3) is 0 Å². The van der Waals surface area contributed by atoms with E-state index in [0.717, 1.165) is 18.9 Å². The van der Waals surface area contributed by atoms with Gasteiger partial charge < -0.3 is 10.3 Å². The van der Waals surface area contributed by atoms with Gasteiger partial charge in [-0.25, -0.2) is 15.0 Å². The molecule has 0 aliphatic carbocycles. The van der Waals surface area contributed by atoms with Crippen molar-refractivity contribution in [3.8, 4) is 0 Å². The number of piperidine rings is 1. The van der Waals surface area contributed by atoms with Crippen molar-refractivity contribution in [1.29, 1.82) is 0 Å². The fourth-order valence-electron chi connectivity index (χ4n) is 3.77. The number of imidazole rings is 1. The van der Waals surface area contributed by atoms with Crippen molar-refractivity contribution in [2.24, 2.45) is 13.0 Å². The van der Waals surface area contributed by atoms with Crippen LogP contribution in [0.15, 0.2) is 24.8 Å². The lowest BCUT2D eigenvalue weighted by molar-refractivity contribution is 0.0874. The number of hydrogen-bond donors (Lipinski definition) is 1. The highest BCUT2D eigenvalue weighted by Crippen LogP contribution is 2.35. The molecule has 24 heavy (non-hydrogen) atoms. The molecule has 0 radical (unpaired) electrons. The lowest BCUT2D eigenvalue weighted by Crippen LogP contribution is -2.41. The van der Waals surface area contributed by atoms with Crippen LogP contribution in [0.3, 0.4) is 0 Å². The lowest BCUT2D eigenvalue weighted by Gasteiger charge is -2.40. The Morgan fingerprint density at radius 2 is 2.21 bits per heavy atom. The minimum atomic E-state index is 0.399. The summed E-state index contributed by atoms with van der Waals surface area (Å²) in [5, 5.41) is 0. The van der Waals surface area contributed by atoms with Gasteiger partial charge >= 0.3 is 0 Å². The maximum absolute atomic E-state index is 5.75. The first kappa shape index (κ1) is 16.9. The molecule has 0 saturated carbocycles. The molecule has 2 aromatic heterocycles. The smallest absolute Gasteiger partial charge is 0.144 e. The average Bonchev–Trinajstić information content (AvgIpc) is 2.93. The van der Waals surface area contributed by atoms with E-state index in [1.165, 1.54) is 18.5 Å². The molecule has 130 valence electrons. The van der Waals surface area contributed by atoms with Gasteiger partial charge in [-0.2, -0.15) is 0 Å². The molecule has 1 fully saturated rings. The van der Waals surface area contributed by atoms with Gasteiger partial charge in [0.05, 0.1) is 24.6 Å². The van der Waals surface area contributed by atoms with Gasteiger partial charge in [-0.15, -0.1) is 0 Å². The lowest BCUT2D eigenvalue weighted by atomic mass is 9.87. The number of rotatable bonds is 5. The second kappa shape index (κ2) is 7.27. The van der Waals surface area contributed by atoms with Crippen LogP contribution in [0.2, 0.25) is 0 Å². The Bertz CT molecular complexity index is 668. The Kier molecular flexibility index (Phi) is 5.11. The summed E-state index contributed by atoms with van der Waals surface area (Å²) in [4.78, 5) is 17.7. The third kappa shape index (κ3) is 3.73. The maximum atomic E-state index is 5.75. The van der Waals surface area contributed by atoms with E-state index in [1.807, 2.05) is 12.5 Å². The van der Waals surface area contributed by atoms with E-state index < -0.39 is 0 Å². The molecule has 1 saturated heterocycles. The number of aromatic nitrogens is 4. The predicted molar refractivity (Wildman–Crippen MR) is 94.1 cm³/mol. The number of nitrogens with zero attached hydrogens (tertiary/aromatic N) is 6. The number of likely N-dealkylation sites (tertiary alicyclic amines) is 1. The molecular weight excluding hydrogens is 302 g/mol. The van der Waals surface area contributed by atoms with E-state index in [0.29, 0.717) is 24.3 Å². The van der Waals surface area contributed by atoms with Crippen molar-refractivity contribution in [1.82, 2.24) is 29.3 Å². The largest absolute Gasteiger partial charge is 0.384 e. The van der Waals surface area contributed by atoms with Crippen LogP contribution in [-0.4, -0.2) is 56.5 Å². The van der Waals surface area contributed by atoms with Gasteiger partial charge in [0.2, 0.25) is 0 Å². The van der Waals surface area contributed by atoms with Crippen LogP contribution in [0.4, 0.5) is 5.82 Å². The zero-order valence-electron chi connectivity index (χ0n) is 14.8. The second-order valence-corrected chi connectivity index (χ2v) is 6.85. The molecule has 2 N–H and O–H groups in total. The standard InChI is InChI=1S/C17H27N7/c1-22(11-16-20-7-6-15(18)21-16)10-13-5-4-8-23(2)17(13)14-9-19-12-24(14)3/h6-7,9,12-13,17H,4-5,8,10-11H2,1-3H3,(H2,18,20,21)/t13-,17+/m0/s1. The number of anilines is 1. The highest BCUT2D eigenvalue weighted by atomic mass is 15.2. The molecular formula is C17H27N7. The zero-order valence-corrected chi connectivity index (χ0v) is 14.8. The van der Waals surface area contributed by atoms with Gasteiger partial charge in [0.15, 0.2) is 0 Å². The summed E-state index contributed by atoms with van der Waals surface area (Å²) in [7, 11) is 6.42. The average molecular weight is 329 g/mol. The monoisotopic (exact) mass is 329 g/mol. The first-order valence-electron chi connectivity index (χ1n) is 8.47. The van der Waals surface area contributed by atoms with Gasteiger partial charge in [0, 0.05) is 26.0 Å². The molecule has 0 unspecified atom stereocenters. The molecule has 0 bridgehead atoms. The number of nitrogens with two attached hydrogens (primary N) is 1. The molecule has 3 heterocycles. The summed E-state index contributed by atoms with van der Waals surface area (Å²) in [6.45, 7) is 2.84. The van der Waals surface area contributed by atoms with Crippen LogP contribution < -0.4 is 5.73 Å². The van der Waals surface area contributed by atoms with Gasteiger partial charge in [0.1, 0.15) is 11.6 Å². The molecule has 7 nitrogen and oxygen atoms in total. The van der Waals surface area contributed by atoms with Crippen molar-refractivity contribution in [2.75, 3.05) is 32.9 Å².